The molecular weight excluding hydrogens is 447 g/mol. The van der Waals surface area contributed by atoms with E-state index in [1.165, 1.54) is 18.3 Å². The zero-order valence-electron chi connectivity index (χ0n) is 20.5. The van der Waals surface area contributed by atoms with Gasteiger partial charge in [-0.3, -0.25) is 9.89 Å². The van der Waals surface area contributed by atoms with Gasteiger partial charge >= 0.3 is 0 Å². The second-order valence-corrected chi connectivity index (χ2v) is 10.3. The number of carbonyl (C=O) groups excluding carboxylic acids is 1. The Morgan fingerprint density at radius 2 is 2.11 bits per heavy atom. The Morgan fingerprint density at radius 1 is 1.29 bits per heavy atom. The van der Waals surface area contributed by atoms with E-state index in [2.05, 4.69) is 53.5 Å². The maximum absolute atomic E-state index is 13.1. The molecule has 9 nitrogen and oxygen atoms in total. The summed E-state index contributed by atoms with van der Waals surface area (Å²) in [5.41, 5.74) is 3.56. The SMILES string of the molecule is CC(C)c1cc(Nc2nc(N3CCCC3C(=O)Nc3ccc(F)nc3)nc3c2C(C)(C)CC3)n[nH]1. The van der Waals surface area contributed by atoms with Crippen molar-refractivity contribution in [3.63, 3.8) is 0 Å². The van der Waals surface area contributed by atoms with E-state index in [-0.39, 0.29) is 11.3 Å². The van der Waals surface area contributed by atoms with E-state index in [1.54, 1.807) is 0 Å². The molecule has 3 N–H and O–H groups in total. The second kappa shape index (κ2) is 8.90. The summed E-state index contributed by atoms with van der Waals surface area (Å²) >= 11 is 0. The molecule has 10 heteroatoms. The third kappa shape index (κ3) is 4.56. The first-order valence-electron chi connectivity index (χ1n) is 12.1. The number of aromatic amines is 1. The van der Waals surface area contributed by atoms with Gasteiger partial charge in [0.05, 0.1) is 17.6 Å². The number of carbonyl (C=O) groups is 1. The number of pyridine rings is 1. The van der Waals surface area contributed by atoms with Crippen molar-refractivity contribution in [1.82, 2.24) is 25.1 Å². The third-order valence-electron chi connectivity index (χ3n) is 6.91. The minimum atomic E-state index is -0.586. The van der Waals surface area contributed by atoms with Gasteiger partial charge in [-0.1, -0.05) is 27.7 Å². The summed E-state index contributed by atoms with van der Waals surface area (Å²) in [6.07, 6.45) is 4.69. The zero-order chi connectivity index (χ0) is 24.7. The number of anilines is 4. The monoisotopic (exact) mass is 478 g/mol. The molecule has 3 aromatic heterocycles. The number of H-pyrrole nitrogens is 1. The van der Waals surface area contributed by atoms with Crippen LogP contribution in [-0.4, -0.2) is 43.6 Å². The van der Waals surface area contributed by atoms with Gasteiger partial charge in [-0.05, 0) is 49.1 Å². The highest BCUT2D eigenvalue weighted by molar-refractivity contribution is 5.97. The highest BCUT2D eigenvalue weighted by Crippen LogP contribution is 2.43. The van der Waals surface area contributed by atoms with E-state index < -0.39 is 12.0 Å². The maximum atomic E-state index is 13.1. The van der Waals surface area contributed by atoms with Crippen LogP contribution in [0.15, 0.2) is 24.4 Å². The molecule has 1 aliphatic carbocycles. The Bertz CT molecular complexity index is 1240. The molecular formula is C25H31FN8O. The predicted octanol–water partition coefficient (Wildman–Crippen LogP) is 4.43. The molecule has 5 rings (SSSR count). The number of fused-ring (bicyclic) bond motifs is 1. The van der Waals surface area contributed by atoms with Crippen LogP contribution in [0.1, 0.15) is 69.8 Å². The van der Waals surface area contributed by atoms with Crippen molar-refractivity contribution in [3.05, 3.63) is 47.3 Å². The topological polar surface area (TPSA) is 112 Å². The van der Waals surface area contributed by atoms with E-state index >= 15 is 0 Å². The average molecular weight is 479 g/mol. The van der Waals surface area contributed by atoms with Crippen LogP contribution in [0.5, 0.6) is 0 Å². The molecule has 0 bridgehead atoms. The van der Waals surface area contributed by atoms with Crippen molar-refractivity contribution in [1.29, 1.82) is 0 Å². The minimum Gasteiger partial charge on any atom is -0.329 e. The lowest BCUT2D eigenvalue weighted by Gasteiger charge is -2.27. The van der Waals surface area contributed by atoms with E-state index in [4.69, 9.17) is 9.97 Å². The van der Waals surface area contributed by atoms with Crippen LogP contribution in [0.25, 0.3) is 0 Å². The van der Waals surface area contributed by atoms with Crippen LogP contribution in [0.3, 0.4) is 0 Å². The lowest BCUT2D eigenvalue weighted by molar-refractivity contribution is -0.117. The highest BCUT2D eigenvalue weighted by atomic mass is 19.1. The zero-order valence-corrected chi connectivity index (χ0v) is 20.5. The van der Waals surface area contributed by atoms with Crippen LogP contribution >= 0.6 is 0 Å². The van der Waals surface area contributed by atoms with Gasteiger partial charge in [-0.15, -0.1) is 0 Å². The molecule has 0 saturated carbocycles. The smallest absolute Gasteiger partial charge is 0.247 e. The van der Waals surface area contributed by atoms with Gasteiger partial charge in [0.25, 0.3) is 0 Å². The first-order valence-corrected chi connectivity index (χ1v) is 12.1. The van der Waals surface area contributed by atoms with Crippen molar-refractivity contribution in [3.8, 4) is 0 Å². The van der Waals surface area contributed by atoms with Gasteiger partial charge < -0.3 is 15.5 Å². The summed E-state index contributed by atoms with van der Waals surface area (Å²) in [5, 5.41) is 13.8. The molecule has 0 radical (unpaired) electrons. The number of nitrogens with one attached hydrogen (secondary N) is 3. The van der Waals surface area contributed by atoms with Gasteiger partial charge in [-0.25, -0.2) is 9.97 Å². The highest BCUT2D eigenvalue weighted by Gasteiger charge is 2.38. The maximum Gasteiger partial charge on any atom is 0.247 e. The summed E-state index contributed by atoms with van der Waals surface area (Å²) in [6.45, 7) is 9.32. The van der Waals surface area contributed by atoms with Crippen molar-refractivity contribution in [2.24, 2.45) is 0 Å². The molecule has 1 aliphatic heterocycles. The molecule has 2 aliphatic rings. The second-order valence-electron chi connectivity index (χ2n) is 10.3. The summed E-state index contributed by atoms with van der Waals surface area (Å²) in [7, 11) is 0. The number of amides is 1. The largest absolute Gasteiger partial charge is 0.329 e. The van der Waals surface area contributed by atoms with Gasteiger partial charge in [-0.2, -0.15) is 14.5 Å². The fourth-order valence-electron chi connectivity index (χ4n) is 4.93. The average Bonchev–Trinajstić information content (AvgIpc) is 3.54. The van der Waals surface area contributed by atoms with Gasteiger partial charge in [0.1, 0.15) is 11.9 Å². The summed E-state index contributed by atoms with van der Waals surface area (Å²) in [6, 6.07) is 4.32. The molecule has 1 amide bonds. The van der Waals surface area contributed by atoms with Crippen molar-refractivity contribution in [2.75, 3.05) is 22.1 Å². The molecule has 1 unspecified atom stereocenters. The Hall–Kier alpha value is -3.56. The van der Waals surface area contributed by atoms with E-state index in [9.17, 15) is 9.18 Å². The fourth-order valence-corrected chi connectivity index (χ4v) is 4.93. The molecule has 3 aromatic rings. The number of aromatic nitrogens is 5. The Kier molecular flexibility index (Phi) is 5.90. The standard InChI is InChI=1S/C25H31FN8O/c1-14(2)17-12-20(33-32-17)30-22-21-16(9-10-25(21,3)4)29-24(31-22)34-11-5-6-18(34)23(35)28-15-7-8-19(26)27-13-15/h7-8,12-14,18H,5-6,9-11H2,1-4H3,(H,28,35)(H2,29,30,31,32,33). The summed E-state index contributed by atoms with van der Waals surface area (Å²) in [5.74, 6) is 1.56. The van der Waals surface area contributed by atoms with Crippen molar-refractivity contribution in [2.45, 2.75) is 70.8 Å². The fraction of sp³-hybridized carbons (Fsp3) is 0.480. The van der Waals surface area contributed by atoms with Crippen molar-refractivity contribution < 1.29 is 9.18 Å². The summed E-state index contributed by atoms with van der Waals surface area (Å²) < 4.78 is 13.1. The lowest BCUT2D eigenvalue weighted by Crippen LogP contribution is -2.41. The molecule has 1 atom stereocenters. The van der Waals surface area contributed by atoms with Crippen LogP contribution < -0.4 is 15.5 Å². The molecule has 35 heavy (non-hydrogen) atoms. The molecule has 0 spiro atoms. The van der Waals surface area contributed by atoms with Gasteiger partial charge in [0.2, 0.25) is 17.8 Å². The van der Waals surface area contributed by atoms with Gasteiger partial charge in [0, 0.05) is 23.9 Å². The van der Waals surface area contributed by atoms with Gasteiger partial charge in [0.15, 0.2) is 5.82 Å². The number of rotatable bonds is 6. The minimum absolute atomic E-state index is 0.0647. The van der Waals surface area contributed by atoms with Crippen molar-refractivity contribution >= 4 is 29.2 Å². The summed E-state index contributed by atoms with van der Waals surface area (Å²) in [4.78, 5) is 28.5. The predicted molar refractivity (Wildman–Crippen MR) is 133 cm³/mol. The Balaban J connectivity index is 1.45. The van der Waals surface area contributed by atoms with E-state index in [0.717, 1.165) is 42.0 Å². The van der Waals surface area contributed by atoms with E-state index in [0.29, 0.717) is 36.3 Å². The number of hydrogen-bond acceptors (Lipinski definition) is 7. The van der Waals surface area contributed by atoms with Crippen LogP contribution in [0, 0.1) is 5.95 Å². The molecule has 1 saturated heterocycles. The first-order chi connectivity index (χ1) is 16.7. The molecule has 1 fully saturated rings. The Morgan fingerprint density at radius 3 is 2.83 bits per heavy atom. The van der Waals surface area contributed by atoms with Crippen LogP contribution in [-0.2, 0) is 16.6 Å². The van der Waals surface area contributed by atoms with Crippen LogP contribution in [0.2, 0.25) is 0 Å². The first kappa shape index (κ1) is 23.2. The number of halogens is 1. The van der Waals surface area contributed by atoms with E-state index in [1.807, 2.05) is 11.0 Å². The number of aryl methyl sites for hydroxylation is 1. The molecule has 0 aromatic carbocycles. The number of hydrogen-bond donors (Lipinski definition) is 3. The van der Waals surface area contributed by atoms with Crippen LogP contribution in [0.4, 0.5) is 27.7 Å². The third-order valence-corrected chi connectivity index (χ3v) is 6.91. The quantitative estimate of drug-likeness (QED) is 0.449. The number of nitrogens with zero attached hydrogens (tertiary/aromatic N) is 5. The lowest BCUT2D eigenvalue weighted by atomic mass is 9.87. The normalized spacial score (nSPS) is 18.7. The molecule has 4 heterocycles. The molecule has 184 valence electrons. The Labute approximate surface area is 204 Å².